The van der Waals surface area contributed by atoms with Gasteiger partial charge in [-0.15, -0.1) is 43.8 Å². The summed E-state index contributed by atoms with van der Waals surface area (Å²) in [7, 11) is 1.69. The largest absolute Gasteiger partial charge is 0.497 e. The van der Waals surface area contributed by atoms with Crippen molar-refractivity contribution in [1.29, 1.82) is 0 Å². The zero-order valence-electron chi connectivity index (χ0n) is 15.4. The van der Waals surface area contributed by atoms with E-state index in [1.807, 2.05) is 18.3 Å². The first-order valence-electron chi connectivity index (χ1n) is 8.76. The number of methoxy groups -OCH3 is 1. The summed E-state index contributed by atoms with van der Waals surface area (Å²) in [6.45, 7) is 6.26. The van der Waals surface area contributed by atoms with Crippen molar-refractivity contribution in [3.8, 4) is 5.75 Å². The molecule has 0 radical (unpaired) electrons. The second-order valence-corrected chi connectivity index (χ2v) is 7.06. The molecule has 27 heavy (non-hydrogen) atoms. The molecule has 1 aromatic heterocycles. The Labute approximate surface area is 179 Å². The fourth-order valence-electron chi connectivity index (χ4n) is 4.52. The number of hydrogen-bond donors (Lipinski definition) is 1. The molecule has 1 aromatic carbocycles. The van der Waals surface area contributed by atoms with Gasteiger partial charge in [-0.05, 0) is 61.1 Å². The number of fused-ring (bicyclic) bond motifs is 4. The summed E-state index contributed by atoms with van der Waals surface area (Å²) in [4.78, 5) is 7.04. The van der Waals surface area contributed by atoms with Crippen molar-refractivity contribution < 1.29 is 4.74 Å². The average Bonchev–Trinajstić information content (AvgIpc) is 2.66. The van der Waals surface area contributed by atoms with E-state index >= 15 is 0 Å². The number of nitrogens with zero attached hydrogens (tertiary/aromatic N) is 2. The second kappa shape index (κ2) is 9.94. The Morgan fingerprint density at radius 1 is 1.30 bits per heavy atom. The lowest BCUT2D eigenvalue weighted by Gasteiger charge is -2.51. The van der Waals surface area contributed by atoms with E-state index in [4.69, 9.17) is 10.5 Å². The molecule has 4 heterocycles. The summed E-state index contributed by atoms with van der Waals surface area (Å²) >= 11 is 0. The fourth-order valence-corrected chi connectivity index (χ4v) is 4.52. The highest BCUT2D eigenvalue weighted by atomic mass is 35.5. The molecule has 5 rings (SSSR count). The molecule has 7 heteroatoms. The van der Waals surface area contributed by atoms with Crippen LogP contribution in [0.1, 0.15) is 24.4 Å². The van der Waals surface area contributed by atoms with Crippen LogP contribution in [0.4, 0.5) is 0 Å². The van der Waals surface area contributed by atoms with Gasteiger partial charge in [0, 0.05) is 30.2 Å². The lowest BCUT2D eigenvalue weighted by Crippen LogP contribution is -2.56. The van der Waals surface area contributed by atoms with Gasteiger partial charge in [-0.25, -0.2) is 0 Å². The van der Waals surface area contributed by atoms with E-state index in [1.54, 1.807) is 7.11 Å². The average molecular weight is 433 g/mol. The molecule has 3 aliphatic heterocycles. The Bertz CT molecular complexity index is 773. The van der Waals surface area contributed by atoms with Crippen LogP contribution in [0.25, 0.3) is 10.9 Å². The summed E-state index contributed by atoms with van der Waals surface area (Å²) < 4.78 is 5.39. The fraction of sp³-hybridized carbons (Fsp3) is 0.450. The number of hydrogen-bond acceptors (Lipinski definition) is 4. The van der Waals surface area contributed by atoms with Gasteiger partial charge in [-0.3, -0.25) is 9.88 Å². The van der Waals surface area contributed by atoms with Crippen LogP contribution in [0.5, 0.6) is 5.75 Å². The van der Waals surface area contributed by atoms with Gasteiger partial charge in [0.15, 0.2) is 0 Å². The maximum Gasteiger partial charge on any atom is 0.119 e. The molecule has 4 nitrogen and oxygen atoms in total. The standard InChI is InChI=1S/C20H25N3O.3ClH/c1-3-13-12-23-9-7-14(13)10-19(23)20(21)16-6-8-22-18-5-4-15(24-2)11-17(16)18;;;/h3-6,8,11,13-14,19-20H,1,7,9-10,12,21H2,2H3;3*1H/t13-,14-,19-,20-;;;/m0.../s1. The summed E-state index contributed by atoms with van der Waals surface area (Å²) in [5.41, 5.74) is 8.91. The third-order valence-electron chi connectivity index (χ3n) is 5.91. The van der Waals surface area contributed by atoms with Crippen LogP contribution in [0.15, 0.2) is 43.1 Å². The molecule has 2 bridgehead atoms. The molecule has 0 saturated carbocycles. The minimum absolute atomic E-state index is 0. The number of benzene rings is 1. The van der Waals surface area contributed by atoms with Crippen LogP contribution in [-0.2, 0) is 0 Å². The molecular formula is C20H28Cl3N3O. The number of pyridine rings is 1. The van der Waals surface area contributed by atoms with Crippen molar-refractivity contribution in [1.82, 2.24) is 9.88 Å². The molecule has 3 saturated heterocycles. The lowest BCUT2D eigenvalue weighted by molar-refractivity contribution is 0.00749. The maximum absolute atomic E-state index is 6.76. The highest BCUT2D eigenvalue weighted by Crippen LogP contribution is 2.41. The molecule has 0 amide bonds. The van der Waals surface area contributed by atoms with E-state index in [9.17, 15) is 0 Å². The molecular weight excluding hydrogens is 405 g/mol. The molecule has 5 atom stereocenters. The first-order chi connectivity index (χ1) is 11.7. The van der Waals surface area contributed by atoms with Gasteiger partial charge in [0.1, 0.15) is 5.75 Å². The van der Waals surface area contributed by atoms with Gasteiger partial charge in [0.05, 0.1) is 12.6 Å². The zero-order valence-corrected chi connectivity index (χ0v) is 17.9. The Kier molecular flexibility index (Phi) is 8.84. The van der Waals surface area contributed by atoms with Crippen LogP contribution in [-0.4, -0.2) is 36.1 Å². The van der Waals surface area contributed by atoms with Crippen molar-refractivity contribution in [2.24, 2.45) is 17.6 Å². The second-order valence-electron chi connectivity index (χ2n) is 7.06. The van der Waals surface area contributed by atoms with E-state index < -0.39 is 0 Å². The number of rotatable bonds is 4. The summed E-state index contributed by atoms with van der Waals surface area (Å²) in [5, 5.41) is 1.10. The third-order valence-corrected chi connectivity index (χ3v) is 5.91. The minimum Gasteiger partial charge on any atom is -0.497 e. The normalized spacial score (nSPS) is 26.9. The van der Waals surface area contributed by atoms with Crippen molar-refractivity contribution in [2.45, 2.75) is 24.9 Å². The van der Waals surface area contributed by atoms with Crippen LogP contribution < -0.4 is 10.5 Å². The number of piperidine rings is 3. The van der Waals surface area contributed by atoms with E-state index in [-0.39, 0.29) is 43.3 Å². The number of aromatic nitrogens is 1. The Hall–Kier alpha value is -1.04. The number of ether oxygens (including phenoxy) is 1. The SMILES string of the molecule is C=C[C@H]1CN2CC[C@H]1C[C@H]2[C@@H](N)c1ccnc2ccc(OC)cc12.Cl.Cl.Cl. The highest BCUT2D eigenvalue weighted by molar-refractivity contribution is 5.86. The van der Waals surface area contributed by atoms with Crippen molar-refractivity contribution in [2.75, 3.05) is 20.2 Å². The molecule has 3 fully saturated rings. The van der Waals surface area contributed by atoms with E-state index in [0.29, 0.717) is 12.0 Å². The van der Waals surface area contributed by atoms with E-state index in [2.05, 4.69) is 34.7 Å². The highest BCUT2D eigenvalue weighted by Gasteiger charge is 2.41. The first-order valence-corrected chi connectivity index (χ1v) is 8.76. The molecule has 2 aromatic rings. The van der Waals surface area contributed by atoms with Crippen LogP contribution in [0, 0.1) is 11.8 Å². The smallest absolute Gasteiger partial charge is 0.119 e. The maximum atomic E-state index is 6.76. The van der Waals surface area contributed by atoms with Crippen LogP contribution >= 0.6 is 37.2 Å². The van der Waals surface area contributed by atoms with Gasteiger partial charge in [-0.1, -0.05) is 6.08 Å². The third kappa shape index (κ3) is 4.36. The Morgan fingerprint density at radius 3 is 2.70 bits per heavy atom. The summed E-state index contributed by atoms with van der Waals surface area (Å²) in [5.74, 6) is 2.20. The van der Waals surface area contributed by atoms with Gasteiger partial charge in [0.2, 0.25) is 0 Å². The minimum atomic E-state index is -0.00354. The lowest BCUT2D eigenvalue weighted by atomic mass is 9.73. The quantitative estimate of drug-likeness (QED) is 0.727. The van der Waals surface area contributed by atoms with Crippen molar-refractivity contribution >= 4 is 48.1 Å². The monoisotopic (exact) mass is 431 g/mol. The molecule has 0 aliphatic carbocycles. The molecule has 0 spiro atoms. The zero-order chi connectivity index (χ0) is 16.7. The van der Waals surface area contributed by atoms with Gasteiger partial charge < -0.3 is 10.5 Å². The van der Waals surface area contributed by atoms with Crippen molar-refractivity contribution in [3.63, 3.8) is 0 Å². The van der Waals surface area contributed by atoms with Crippen molar-refractivity contribution in [3.05, 3.63) is 48.7 Å². The molecule has 150 valence electrons. The van der Waals surface area contributed by atoms with Gasteiger partial charge >= 0.3 is 0 Å². The molecule has 2 N–H and O–H groups in total. The van der Waals surface area contributed by atoms with E-state index in [0.717, 1.165) is 42.1 Å². The van der Waals surface area contributed by atoms with Crippen LogP contribution in [0.2, 0.25) is 0 Å². The summed E-state index contributed by atoms with van der Waals surface area (Å²) in [6, 6.07) is 8.48. The molecule has 1 unspecified atom stereocenters. The number of halogens is 3. The van der Waals surface area contributed by atoms with E-state index in [1.165, 1.54) is 12.0 Å². The topological polar surface area (TPSA) is 51.4 Å². The predicted molar refractivity (Wildman–Crippen MR) is 119 cm³/mol. The first kappa shape index (κ1) is 24.0. The summed E-state index contributed by atoms with van der Waals surface area (Å²) in [6.07, 6.45) is 6.43. The Balaban J connectivity index is 0.00000121. The van der Waals surface area contributed by atoms with Gasteiger partial charge in [0.25, 0.3) is 0 Å². The number of nitrogens with two attached hydrogens (primary N) is 1. The van der Waals surface area contributed by atoms with Gasteiger partial charge in [-0.2, -0.15) is 0 Å². The van der Waals surface area contributed by atoms with Crippen LogP contribution in [0.3, 0.4) is 0 Å². The Morgan fingerprint density at radius 2 is 2.07 bits per heavy atom. The predicted octanol–water partition coefficient (Wildman–Crippen LogP) is 4.41. The molecule has 3 aliphatic rings.